The van der Waals surface area contributed by atoms with Crippen molar-refractivity contribution in [2.24, 2.45) is 17.4 Å². The topological polar surface area (TPSA) is 207 Å². The summed E-state index contributed by atoms with van der Waals surface area (Å²) < 4.78 is 10.9. The summed E-state index contributed by atoms with van der Waals surface area (Å²) in [7, 11) is 0. The fourth-order valence-corrected chi connectivity index (χ4v) is 6.91. The number of nitrogens with two attached hydrogens (primary N) is 2. The Morgan fingerprint density at radius 1 is 0.764 bits per heavy atom. The van der Waals surface area contributed by atoms with Crippen LogP contribution < -0.4 is 32.7 Å². The first-order valence-corrected chi connectivity index (χ1v) is 19.8. The minimum Gasteiger partial charge on any atom is -0.446 e. The number of piperidine rings is 1. The van der Waals surface area contributed by atoms with Gasteiger partial charge in [-0.1, -0.05) is 74.5 Å². The molecule has 2 aromatic carbocycles. The SMILES string of the molecule is CC(C)C[C@@H](NC(=O)[C@@H](Cc1ccccc1)NC(=O)[C@H](N)Cc1ccccc1)C(=O)N[C@H](CCCCN)C(=O)N1CCC(NC(=O)OC2CCOCC2)CC1. The van der Waals surface area contributed by atoms with Gasteiger partial charge in [0.15, 0.2) is 0 Å². The molecule has 0 saturated carbocycles. The number of hydrogen-bond donors (Lipinski definition) is 6. The maximum Gasteiger partial charge on any atom is 0.407 e. The number of carbonyl (C=O) groups excluding carboxylic acids is 5. The van der Waals surface area contributed by atoms with Crippen LogP contribution >= 0.6 is 0 Å². The number of alkyl carbamates (subject to hydrolysis) is 1. The lowest BCUT2D eigenvalue weighted by Crippen LogP contribution is -2.59. The largest absolute Gasteiger partial charge is 0.446 e. The van der Waals surface area contributed by atoms with E-state index in [4.69, 9.17) is 20.9 Å². The quantitative estimate of drug-likeness (QED) is 0.116. The summed E-state index contributed by atoms with van der Waals surface area (Å²) in [5.74, 6) is -1.68. The molecule has 0 spiro atoms. The van der Waals surface area contributed by atoms with E-state index in [1.807, 2.05) is 74.5 Å². The van der Waals surface area contributed by atoms with Crippen molar-refractivity contribution in [3.8, 4) is 0 Å². The molecule has 8 N–H and O–H groups in total. The van der Waals surface area contributed by atoms with Crippen molar-refractivity contribution in [2.45, 2.75) is 114 Å². The Labute approximate surface area is 325 Å². The van der Waals surface area contributed by atoms with Crippen LogP contribution in [0.15, 0.2) is 60.7 Å². The molecular weight excluding hydrogens is 702 g/mol. The molecule has 14 nitrogen and oxygen atoms in total. The molecule has 0 aromatic heterocycles. The fraction of sp³-hybridized carbons (Fsp3) is 0.585. The predicted octanol–water partition coefficient (Wildman–Crippen LogP) is 2.32. The van der Waals surface area contributed by atoms with Crippen molar-refractivity contribution in [3.05, 3.63) is 71.8 Å². The zero-order chi connectivity index (χ0) is 39.6. The van der Waals surface area contributed by atoms with Gasteiger partial charge in [0.25, 0.3) is 0 Å². The molecule has 4 rings (SSSR count). The summed E-state index contributed by atoms with van der Waals surface area (Å²) in [6, 6.07) is 14.9. The molecule has 55 heavy (non-hydrogen) atoms. The molecule has 0 bridgehead atoms. The molecule has 0 aliphatic carbocycles. The average molecular weight is 764 g/mol. The predicted molar refractivity (Wildman–Crippen MR) is 209 cm³/mol. The molecule has 2 saturated heterocycles. The molecule has 5 amide bonds. The number of unbranched alkanes of at least 4 members (excludes halogenated alkanes) is 1. The summed E-state index contributed by atoms with van der Waals surface area (Å²) in [5.41, 5.74) is 13.8. The lowest BCUT2D eigenvalue weighted by atomic mass is 9.99. The molecule has 2 heterocycles. The molecule has 2 fully saturated rings. The first-order chi connectivity index (χ1) is 26.5. The van der Waals surface area contributed by atoms with E-state index in [-0.39, 0.29) is 30.4 Å². The van der Waals surface area contributed by atoms with E-state index in [0.717, 1.165) is 11.1 Å². The highest BCUT2D eigenvalue weighted by molar-refractivity contribution is 5.95. The maximum absolute atomic E-state index is 14.0. The van der Waals surface area contributed by atoms with Gasteiger partial charge < -0.3 is 47.1 Å². The van der Waals surface area contributed by atoms with E-state index in [9.17, 15) is 24.0 Å². The summed E-state index contributed by atoms with van der Waals surface area (Å²) >= 11 is 0. The second kappa shape index (κ2) is 22.8. The third-order valence-electron chi connectivity index (χ3n) is 10.0. The summed E-state index contributed by atoms with van der Waals surface area (Å²) in [4.78, 5) is 69.4. The van der Waals surface area contributed by atoms with Crippen LogP contribution in [0.25, 0.3) is 0 Å². The molecule has 2 aromatic rings. The lowest BCUT2D eigenvalue weighted by molar-refractivity contribution is -0.138. The smallest absolute Gasteiger partial charge is 0.407 e. The number of amides is 5. The van der Waals surface area contributed by atoms with Gasteiger partial charge in [0.1, 0.15) is 24.2 Å². The molecule has 2 aliphatic rings. The molecule has 0 radical (unpaired) electrons. The monoisotopic (exact) mass is 763 g/mol. The Hall–Kier alpha value is -4.53. The van der Waals surface area contributed by atoms with Gasteiger partial charge in [-0.2, -0.15) is 0 Å². The van der Waals surface area contributed by atoms with Gasteiger partial charge >= 0.3 is 6.09 Å². The van der Waals surface area contributed by atoms with Crippen LogP contribution in [-0.4, -0.2) is 104 Å². The van der Waals surface area contributed by atoms with Crippen molar-refractivity contribution in [1.82, 2.24) is 26.2 Å². The highest BCUT2D eigenvalue weighted by Crippen LogP contribution is 2.17. The summed E-state index contributed by atoms with van der Waals surface area (Å²) in [5, 5.41) is 11.6. The van der Waals surface area contributed by atoms with Crippen LogP contribution in [0, 0.1) is 5.92 Å². The Balaban J connectivity index is 1.40. The van der Waals surface area contributed by atoms with E-state index in [1.54, 1.807) is 4.90 Å². The molecular formula is C41H61N7O7. The van der Waals surface area contributed by atoms with E-state index in [0.29, 0.717) is 90.6 Å². The van der Waals surface area contributed by atoms with Crippen LogP contribution in [0.3, 0.4) is 0 Å². The number of carbonyl (C=O) groups is 5. The fourth-order valence-electron chi connectivity index (χ4n) is 6.91. The van der Waals surface area contributed by atoms with Crippen molar-refractivity contribution in [2.75, 3.05) is 32.8 Å². The number of nitrogens with one attached hydrogen (secondary N) is 4. The second-order valence-corrected chi connectivity index (χ2v) is 15.0. The first kappa shape index (κ1) is 43.2. The van der Waals surface area contributed by atoms with Crippen LogP contribution in [0.2, 0.25) is 0 Å². The lowest BCUT2D eigenvalue weighted by Gasteiger charge is -2.35. The standard InChI is InChI=1S/C41H61N7O7/c1-28(2)25-35(47-39(51)36(27-30-13-7-4-8-14-30)46-37(49)33(43)26-29-11-5-3-6-12-29)38(50)45-34(15-9-10-20-42)40(52)48-21-16-31(17-22-48)44-41(53)55-32-18-23-54-24-19-32/h3-8,11-14,28,31-36H,9-10,15-27,42-43H2,1-2H3,(H,44,53)(H,45,50)(H,46,49)(H,47,51)/t33-,34-,35-,36-/m1/s1. The van der Waals surface area contributed by atoms with Gasteiger partial charge in [-0.05, 0) is 68.5 Å². The normalized spacial score (nSPS) is 17.4. The van der Waals surface area contributed by atoms with Gasteiger partial charge in [0.2, 0.25) is 23.6 Å². The van der Waals surface area contributed by atoms with Crippen molar-refractivity contribution < 1.29 is 33.4 Å². The van der Waals surface area contributed by atoms with E-state index >= 15 is 0 Å². The van der Waals surface area contributed by atoms with Gasteiger partial charge in [0, 0.05) is 38.4 Å². The number of likely N-dealkylation sites (tertiary alicyclic amines) is 1. The summed E-state index contributed by atoms with van der Waals surface area (Å²) in [6.07, 6.45) is 4.31. The number of rotatable bonds is 19. The third-order valence-corrected chi connectivity index (χ3v) is 10.0. The van der Waals surface area contributed by atoms with E-state index < -0.39 is 48.0 Å². The van der Waals surface area contributed by atoms with E-state index in [2.05, 4.69) is 21.3 Å². The zero-order valence-corrected chi connectivity index (χ0v) is 32.4. The van der Waals surface area contributed by atoms with Gasteiger partial charge in [-0.3, -0.25) is 19.2 Å². The Morgan fingerprint density at radius 3 is 1.93 bits per heavy atom. The Kier molecular flexibility index (Phi) is 17.9. The molecule has 302 valence electrons. The van der Waals surface area contributed by atoms with E-state index in [1.165, 1.54) is 0 Å². The molecule has 0 unspecified atom stereocenters. The average Bonchev–Trinajstić information content (AvgIpc) is 3.18. The van der Waals surface area contributed by atoms with Gasteiger partial charge in [-0.15, -0.1) is 0 Å². The van der Waals surface area contributed by atoms with Crippen LogP contribution in [-0.2, 0) is 41.5 Å². The molecule has 4 atom stereocenters. The minimum atomic E-state index is -1.01. The Morgan fingerprint density at radius 2 is 1.33 bits per heavy atom. The number of nitrogens with zero attached hydrogens (tertiary/aromatic N) is 1. The molecule has 14 heteroatoms. The minimum absolute atomic E-state index is 0.0218. The Bertz CT molecular complexity index is 1500. The number of hydrogen-bond acceptors (Lipinski definition) is 9. The van der Waals surface area contributed by atoms with Crippen LogP contribution in [0.5, 0.6) is 0 Å². The van der Waals surface area contributed by atoms with Crippen LogP contribution in [0.1, 0.15) is 76.3 Å². The van der Waals surface area contributed by atoms with Gasteiger partial charge in [0.05, 0.1) is 19.3 Å². The number of ether oxygens (including phenoxy) is 2. The zero-order valence-electron chi connectivity index (χ0n) is 32.4. The molecule has 2 aliphatic heterocycles. The number of benzene rings is 2. The van der Waals surface area contributed by atoms with Crippen molar-refractivity contribution >= 4 is 29.7 Å². The maximum atomic E-state index is 14.0. The third kappa shape index (κ3) is 14.9. The van der Waals surface area contributed by atoms with Gasteiger partial charge in [-0.25, -0.2) is 4.79 Å². The highest BCUT2D eigenvalue weighted by atomic mass is 16.6. The second-order valence-electron chi connectivity index (χ2n) is 15.0. The van der Waals surface area contributed by atoms with Crippen molar-refractivity contribution in [3.63, 3.8) is 0 Å². The van der Waals surface area contributed by atoms with Crippen molar-refractivity contribution in [1.29, 1.82) is 0 Å². The summed E-state index contributed by atoms with van der Waals surface area (Å²) in [6.45, 7) is 6.30. The highest BCUT2D eigenvalue weighted by Gasteiger charge is 2.34. The van der Waals surface area contributed by atoms with Crippen LogP contribution in [0.4, 0.5) is 4.79 Å². The first-order valence-electron chi connectivity index (χ1n) is 19.8.